The Kier molecular flexibility index (Phi) is 5.29. The molecule has 0 bridgehead atoms. The highest BCUT2D eigenvalue weighted by Gasteiger charge is 2.36. The van der Waals surface area contributed by atoms with Gasteiger partial charge in [0.1, 0.15) is 5.60 Å². The summed E-state index contributed by atoms with van der Waals surface area (Å²) in [6.07, 6.45) is 3.48. The van der Waals surface area contributed by atoms with Gasteiger partial charge in [0.25, 0.3) is 0 Å². The van der Waals surface area contributed by atoms with Crippen molar-refractivity contribution in [2.75, 3.05) is 5.75 Å². The Morgan fingerprint density at radius 2 is 2.19 bits per heavy atom. The summed E-state index contributed by atoms with van der Waals surface area (Å²) in [6.45, 7) is 2.24. The Hall–Kier alpha value is -1.48. The number of nitrogens with zero attached hydrogens (tertiary/aromatic N) is 3. The number of hydrogen-bond acceptors (Lipinski definition) is 4. The summed E-state index contributed by atoms with van der Waals surface area (Å²) >= 11 is 7.34. The maximum absolute atomic E-state index is 11.2. The topological polar surface area (TPSA) is 61.8 Å². The minimum Gasteiger partial charge on any atom is -0.382 e. The zero-order valence-corrected chi connectivity index (χ0v) is 13.2. The van der Waals surface area contributed by atoms with E-state index in [1.54, 1.807) is 23.0 Å². The summed E-state index contributed by atoms with van der Waals surface area (Å²) in [5.74, 6) is 0.330. The first kappa shape index (κ1) is 15.9. The molecule has 0 fully saturated rings. The van der Waals surface area contributed by atoms with Crippen LogP contribution in [0.5, 0.6) is 0 Å². The lowest BCUT2D eigenvalue weighted by Crippen LogP contribution is -2.40. The van der Waals surface area contributed by atoms with E-state index in [-0.39, 0.29) is 5.25 Å². The van der Waals surface area contributed by atoms with Crippen LogP contribution in [0.15, 0.2) is 42.7 Å². The number of thioether (sulfide) groups is 1. The summed E-state index contributed by atoms with van der Waals surface area (Å²) in [4.78, 5) is 0. The number of rotatable bonds is 6. The van der Waals surface area contributed by atoms with Crippen molar-refractivity contribution < 1.29 is 5.11 Å². The second-order valence-corrected chi connectivity index (χ2v) is 6.51. The number of aliphatic hydroxyl groups is 1. The summed E-state index contributed by atoms with van der Waals surface area (Å²) in [5, 5.41) is 24.6. The number of benzene rings is 1. The van der Waals surface area contributed by atoms with Crippen molar-refractivity contribution in [3.8, 4) is 6.07 Å². The zero-order valence-electron chi connectivity index (χ0n) is 11.6. The monoisotopic (exact) mass is 321 g/mol. The van der Waals surface area contributed by atoms with Gasteiger partial charge in [0.15, 0.2) is 0 Å². The van der Waals surface area contributed by atoms with Gasteiger partial charge in [-0.2, -0.15) is 10.4 Å². The van der Waals surface area contributed by atoms with Crippen LogP contribution in [0.3, 0.4) is 0 Å². The molecule has 1 aromatic carbocycles. The van der Waals surface area contributed by atoms with Crippen molar-refractivity contribution in [1.82, 2.24) is 9.78 Å². The molecule has 0 radical (unpaired) electrons. The molecule has 1 aromatic heterocycles. The third-order valence-corrected chi connectivity index (χ3v) is 4.81. The first-order valence-electron chi connectivity index (χ1n) is 6.50. The fourth-order valence-corrected chi connectivity index (χ4v) is 3.07. The Bertz CT molecular complexity index is 609. The molecule has 6 heteroatoms. The lowest BCUT2D eigenvalue weighted by Gasteiger charge is -2.34. The molecule has 0 amide bonds. The minimum absolute atomic E-state index is 0.164. The van der Waals surface area contributed by atoms with Crippen molar-refractivity contribution in [1.29, 1.82) is 5.26 Å². The smallest absolute Gasteiger partial charge is 0.121 e. The van der Waals surface area contributed by atoms with Crippen molar-refractivity contribution in [3.05, 3.63) is 53.3 Å². The summed E-state index contributed by atoms with van der Waals surface area (Å²) < 4.78 is 1.69. The Morgan fingerprint density at radius 3 is 2.76 bits per heavy atom. The standard InChI is InChI=1S/C15H16ClN3OS/c1-12(21-10-7-17)15(20,11-19-9-2-8-18-19)13-3-5-14(16)6-4-13/h2-6,8-9,12,20H,10-11H2,1H3/t12-,15-/m1/s1. The van der Waals surface area contributed by atoms with E-state index in [0.29, 0.717) is 17.3 Å². The van der Waals surface area contributed by atoms with Crippen LogP contribution in [0.1, 0.15) is 12.5 Å². The average molecular weight is 322 g/mol. The number of hydrogen-bond donors (Lipinski definition) is 1. The Morgan fingerprint density at radius 1 is 1.48 bits per heavy atom. The molecular weight excluding hydrogens is 306 g/mol. The lowest BCUT2D eigenvalue weighted by atomic mass is 9.90. The molecule has 0 spiro atoms. The molecule has 4 nitrogen and oxygen atoms in total. The molecule has 110 valence electrons. The molecule has 2 aromatic rings. The van der Waals surface area contributed by atoms with Gasteiger partial charge in [-0.05, 0) is 23.8 Å². The van der Waals surface area contributed by atoms with Gasteiger partial charge in [0.05, 0.1) is 18.4 Å². The van der Waals surface area contributed by atoms with Crippen LogP contribution < -0.4 is 0 Å². The number of aromatic nitrogens is 2. The average Bonchev–Trinajstić information content (AvgIpc) is 2.97. The van der Waals surface area contributed by atoms with E-state index < -0.39 is 5.60 Å². The van der Waals surface area contributed by atoms with Crippen LogP contribution >= 0.6 is 23.4 Å². The van der Waals surface area contributed by atoms with E-state index in [1.165, 1.54) is 11.8 Å². The molecule has 1 N–H and O–H groups in total. The van der Waals surface area contributed by atoms with Gasteiger partial charge in [0.2, 0.25) is 0 Å². The molecule has 21 heavy (non-hydrogen) atoms. The number of halogens is 1. The van der Waals surface area contributed by atoms with E-state index in [0.717, 1.165) is 5.56 Å². The second kappa shape index (κ2) is 6.99. The van der Waals surface area contributed by atoms with Gasteiger partial charge in [-0.3, -0.25) is 4.68 Å². The molecule has 0 aliphatic rings. The number of nitriles is 1. The predicted octanol–water partition coefficient (Wildman–Crippen LogP) is 3.07. The molecule has 0 saturated carbocycles. The summed E-state index contributed by atoms with van der Waals surface area (Å²) in [7, 11) is 0. The van der Waals surface area contributed by atoms with Crippen LogP contribution in [0.25, 0.3) is 0 Å². The molecule has 0 aliphatic heterocycles. The highest BCUT2D eigenvalue weighted by molar-refractivity contribution is 8.00. The first-order valence-corrected chi connectivity index (χ1v) is 7.93. The quantitative estimate of drug-likeness (QED) is 0.888. The van der Waals surface area contributed by atoms with E-state index in [9.17, 15) is 5.11 Å². The summed E-state index contributed by atoms with van der Waals surface area (Å²) in [5.41, 5.74) is -0.363. The van der Waals surface area contributed by atoms with Crippen LogP contribution in [0.2, 0.25) is 5.02 Å². The Labute approximate surface area is 133 Å². The largest absolute Gasteiger partial charge is 0.382 e. The second-order valence-electron chi connectivity index (χ2n) is 4.75. The van der Waals surface area contributed by atoms with Crippen molar-refractivity contribution in [3.63, 3.8) is 0 Å². The van der Waals surface area contributed by atoms with Crippen molar-refractivity contribution >= 4 is 23.4 Å². The van der Waals surface area contributed by atoms with Gasteiger partial charge in [-0.15, -0.1) is 11.8 Å². The van der Waals surface area contributed by atoms with E-state index in [4.69, 9.17) is 16.9 Å². The molecule has 0 saturated heterocycles. The van der Waals surface area contributed by atoms with E-state index in [2.05, 4.69) is 11.2 Å². The van der Waals surface area contributed by atoms with Crippen LogP contribution in [-0.4, -0.2) is 25.9 Å². The first-order chi connectivity index (χ1) is 10.1. The predicted molar refractivity (Wildman–Crippen MR) is 85.1 cm³/mol. The molecule has 0 unspecified atom stereocenters. The molecule has 0 aliphatic carbocycles. The van der Waals surface area contributed by atoms with Gasteiger partial charge in [-0.1, -0.05) is 30.7 Å². The van der Waals surface area contributed by atoms with Gasteiger partial charge in [-0.25, -0.2) is 0 Å². The third-order valence-electron chi connectivity index (χ3n) is 3.38. The highest BCUT2D eigenvalue weighted by Crippen LogP contribution is 2.34. The zero-order chi connectivity index (χ0) is 15.3. The molecule has 2 atom stereocenters. The summed E-state index contributed by atoms with van der Waals surface area (Å²) in [6, 6.07) is 11.1. The molecule has 2 rings (SSSR count). The lowest BCUT2D eigenvalue weighted by molar-refractivity contribution is 0.0169. The van der Waals surface area contributed by atoms with Gasteiger partial charge in [0, 0.05) is 22.7 Å². The van der Waals surface area contributed by atoms with Crippen LogP contribution in [-0.2, 0) is 12.1 Å². The third kappa shape index (κ3) is 3.79. The normalized spacial score (nSPS) is 15.1. The van der Waals surface area contributed by atoms with E-state index >= 15 is 0 Å². The SMILES string of the molecule is C[C@@H](SCC#N)[C@](O)(Cn1cccn1)c1ccc(Cl)cc1. The Balaban J connectivity index is 2.32. The van der Waals surface area contributed by atoms with Gasteiger partial charge >= 0.3 is 0 Å². The fraction of sp³-hybridized carbons (Fsp3) is 0.333. The van der Waals surface area contributed by atoms with Crippen molar-refractivity contribution in [2.24, 2.45) is 0 Å². The van der Waals surface area contributed by atoms with Gasteiger partial charge < -0.3 is 5.11 Å². The fourth-order valence-electron chi connectivity index (χ4n) is 2.13. The minimum atomic E-state index is -1.13. The molecule has 1 heterocycles. The molecular formula is C15H16ClN3OS. The highest BCUT2D eigenvalue weighted by atomic mass is 35.5. The van der Waals surface area contributed by atoms with E-state index in [1.807, 2.05) is 31.3 Å². The van der Waals surface area contributed by atoms with Crippen LogP contribution in [0.4, 0.5) is 0 Å². The van der Waals surface area contributed by atoms with Crippen LogP contribution in [0, 0.1) is 11.3 Å². The van der Waals surface area contributed by atoms with Crippen molar-refractivity contribution in [2.45, 2.75) is 24.3 Å². The maximum atomic E-state index is 11.2. The maximum Gasteiger partial charge on any atom is 0.121 e.